The molecule has 0 aromatic heterocycles. The predicted octanol–water partition coefficient (Wildman–Crippen LogP) is 8.33. The quantitative estimate of drug-likeness (QED) is 0.247. The fourth-order valence-corrected chi connectivity index (χ4v) is 4.96. The maximum atomic E-state index is 10.4. The van der Waals surface area contributed by atoms with Crippen LogP contribution in [0.25, 0.3) is 12.2 Å². The summed E-state index contributed by atoms with van der Waals surface area (Å²) < 4.78 is 27.5. The summed E-state index contributed by atoms with van der Waals surface area (Å²) in [4.78, 5) is -2.01. The van der Waals surface area contributed by atoms with Crippen molar-refractivity contribution in [2.75, 3.05) is 0 Å². The first-order valence-corrected chi connectivity index (χ1v) is 12.2. The Balaban J connectivity index is 2.44. The molecule has 0 spiro atoms. The predicted molar refractivity (Wildman–Crippen MR) is 137 cm³/mol. The van der Waals surface area contributed by atoms with Crippen LogP contribution in [-0.4, -0.2) is 19.0 Å². The number of hydrogen-bond acceptors (Lipinski definition) is 5. The highest BCUT2D eigenvalue weighted by atomic mass is 32.2. The lowest BCUT2D eigenvalue weighted by molar-refractivity contribution is -0.0279. The zero-order valence-corrected chi connectivity index (χ0v) is 20.4. The fourth-order valence-electron chi connectivity index (χ4n) is 3.47. The Morgan fingerprint density at radius 2 is 1.06 bits per heavy atom. The average molecular weight is 459 g/mol. The van der Waals surface area contributed by atoms with E-state index in [0.717, 1.165) is 11.1 Å². The molecular weight excluding hydrogens is 424 g/mol. The molecule has 2 N–H and O–H groups in total. The molecule has 0 aliphatic carbocycles. The van der Waals surface area contributed by atoms with Crippen LogP contribution in [-0.2, 0) is 4.74 Å². The molecule has 2 atom stereocenters. The number of hydrogen-bond donors (Lipinski definition) is 2. The van der Waals surface area contributed by atoms with Gasteiger partial charge in [-0.3, -0.25) is 0 Å². The van der Waals surface area contributed by atoms with Crippen LogP contribution in [0.2, 0.25) is 0 Å². The fraction of sp³-hybridized carbons (Fsp3) is 0.385. The topological polar surface area (TPSA) is 49.7 Å². The van der Waals surface area contributed by atoms with Crippen molar-refractivity contribution in [1.29, 1.82) is 0 Å². The first kappa shape index (κ1) is 25.8. The highest BCUT2D eigenvalue weighted by molar-refractivity contribution is 7.96. The van der Waals surface area contributed by atoms with Crippen molar-refractivity contribution in [3.05, 3.63) is 83.9 Å². The molecule has 2 aromatic rings. The monoisotopic (exact) mass is 458 g/mol. The zero-order chi connectivity index (χ0) is 22.7. The molecule has 0 radical (unpaired) electrons. The van der Waals surface area contributed by atoms with Crippen LogP contribution in [0.15, 0.2) is 72.8 Å². The van der Waals surface area contributed by atoms with Crippen molar-refractivity contribution in [3.8, 4) is 0 Å². The van der Waals surface area contributed by atoms with Crippen LogP contribution in [0.1, 0.15) is 51.7 Å². The maximum absolute atomic E-state index is 10.4. The second-order valence-electron chi connectivity index (χ2n) is 8.59. The van der Waals surface area contributed by atoms with E-state index in [1.165, 1.54) is 0 Å². The van der Waals surface area contributed by atoms with E-state index in [9.17, 15) is 9.11 Å². The van der Waals surface area contributed by atoms with E-state index in [1.54, 1.807) is 0 Å². The van der Waals surface area contributed by atoms with E-state index in [0.29, 0.717) is 36.9 Å². The van der Waals surface area contributed by atoms with Crippen molar-refractivity contribution < 1.29 is 13.8 Å². The van der Waals surface area contributed by atoms with Gasteiger partial charge in [0.05, 0.1) is 0 Å². The summed E-state index contributed by atoms with van der Waals surface area (Å²) in [5.41, 5.74) is 2.05. The van der Waals surface area contributed by atoms with Crippen LogP contribution in [0.4, 0.5) is 0 Å². The molecule has 0 saturated heterocycles. The third kappa shape index (κ3) is 8.51. The molecule has 0 saturated carbocycles. The van der Waals surface area contributed by atoms with Gasteiger partial charge in [-0.2, -0.15) is 0 Å². The molecule has 0 amide bonds. The van der Waals surface area contributed by atoms with Gasteiger partial charge in [0.1, 0.15) is 0 Å². The molecule has 0 bridgehead atoms. The molecule has 2 rings (SSSR count). The zero-order valence-electron chi connectivity index (χ0n) is 18.8. The van der Waals surface area contributed by atoms with Crippen molar-refractivity contribution in [2.45, 2.75) is 50.4 Å². The molecule has 0 aliphatic heterocycles. The standard InChI is InChI=1S/C26H34O3S2/c1-21(2)19-25(30-27,17-15-23-11-7-5-8-12-23)29-26(31-28,20-22(3)4)18-16-24-13-9-6-10-14-24/h5-18,21-22,27-28H,19-20H2,1-4H3. The summed E-state index contributed by atoms with van der Waals surface area (Å²) in [6.07, 6.45) is 8.95. The van der Waals surface area contributed by atoms with Crippen molar-refractivity contribution in [3.63, 3.8) is 0 Å². The van der Waals surface area contributed by atoms with Gasteiger partial charge in [-0.05, 0) is 48.0 Å². The van der Waals surface area contributed by atoms with Gasteiger partial charge in [0.15, 0.2) is 9.87 Å². The second kappa shape index (κ2) is 12.5. The van der Waals surface area contributed by atoms with Crippen molar-refractivity contribution in [2.24, 2.45) is 11.8 Å². The van der Waals surface area contributed by atoms with Crippen LogP contribution in [0, 0.1) is 11.8 Å². The highest BCUT2D eigenvalue weighted by Crippen LogP contribution is 2.44. The summed E-state index contributed by atoms with van der Waals surface area (Å²) in [7, 11) is 0. The molecule has 5 heteroatoms. The minimum absolute atomic E-state index is 0.276. The molecule has 0 fully saturated rings. The van der Waals surface area contributed by atoms with E-state index < -0.39 is 9.87 Å². The Morgan fingerprint density at radius 3 is 1.35 bits per heavy atom. The van der Waals surface area contributed by atoms with Gasteiger partial charge in [0.2, 0.25) is 0 Å². The largest absolute Gasteiger partial charge is 0.335 e. The minimum Gasteiger partial charge on any atom is -0.335 e. The molecular formula is C26H34O3S2. The first-order chi connectivity index (χ1) is 14.8. The van der Waals surface area contributed by atoms with Crippen LogP contribution >= 0.6 is 24.1 Å². The third-order valence-corrected chi connectivity index (χ3v) is 6.09. The average Bonchev–Trinajstić information content (AvgIpc) is 2.76. The highest BCUT2D eigenvalue weighted by Gasteiger charge is 2.41. The van der Waals surface area contributed by atoms with E-state index in [-0.39, 0.29) is 11.8 Å². The Hall–Kier alpha value is -1.50. The van der Waals surface area contributed by atoms with Crippen LogP contribution in [0.5, 0.6) is 0 Å². The van der Waals surface area contributed by atoms with Gasteiger partial charge in [0, 0.05) is 24.1 Å². The lowest BCUT2D eigenvalue weighted by Crippen LogP contribution is -2.40. The Morgan fingerprint density at radius 1 is 0.710 bits per heavy atom. The summed E-state index contributed by atoms with van der Waals surface area (Å²) in [5.74, 6) is 0.553. The number of benzene rings is 2. The van der Waals surface area contributed by atoms with Gasteiger partial charge >= 0.3 is 0 Å². The second-order valence-corrected chi connectivity index (χ2v) is 10.3. The molecule has 2 unspecified atom stereocenters. The molecule has 168 valence electrons. The van der Waals surface area contributed by atoms with Gasteiger partial charge in [-0.25, -0.2) is 0 Å². The van der Waals surface area contributed by atoms with Gasteiger partial charge < -0.3 is 13.8 Å². The summed E-state index contributed by atoms with van der Waals surface area (Å²) in [5, 5.41) is 0. The summed E-state index contributed by atoms with van der Waals surface area (Å²) in [6.45, 7) is 8.39. The van der Waals surface area contributed by atoms with Crippen molar-refractivity contribution in [1.82, 2.24) is 0 Å². The SMILES string of the molecule is CC(C)CC(C=Cc1ccccc1)(OC(C=Cc1ccccc1)(CC(C)C)SO)SO. The van der Waals surface area contributed by atoms with Crippen molar-refractivity contribution >= 4 is 36.2 Å². The lowest BCUT2D eigenvalue weighted by atomic mass is 10.0. The van der Waals surface area contributed by atoms with E-state index >= 15 is 0 Å². The molecule has 3 nitrogen and oxygen atoms in total. The molecule has 31 heavy (non-hydrogen) atoms. The van der Waals surface area contributed by atoms with E-state index in [2.05, 4.69) is 27.7 Å². The number of rotatable bonds is 12. The molecule has 0 aliphatic rings. The third-order valence-electron chi connectivity index (χ3n) is 4.70. The molecule has 0 heterocycles. The van der Waals surface area contributed by atoms with Crippen LogP contribution in [0.3, 0.4) is 0 Å². The Labute approximate surface area is 196 Å². The minimum atomic E-state index is -1.00. The normalized spacial score (nSPS) is 16.3. The number of ether oxygens (including phenoxy) is 1. The summed E-state index contributed by atoms with van der Waals surface area (Å²) >= 11 is 1.38. The lowest BCUT2D eigenvalue weighted by Gasteiger charge is -2.39. The van der Waals surface area contributed by atoms with Gasteiger partial charge in [0.25, 0.3) is 0 Å². The summed E-state index contributed by atoms with van der Waals surface area (Å²) in [6, 6.07) is 19.9. The van der Waals surface area contributed by atoms with Crippen LogP contribution < -0.4 is 0 Å². The maximum Gasteiger partial charge on any atom is 0.160 e. The first-order valence-electron chi connectivity index (χ1n) is 10.7. The Kier molecular flexibility index (Phi) is 10.4. The van der Waals surface area contributed by atoms with E-state index in [4.69, 9.17) is 4.74 Å². The molecule has 2 aromatic carbocycles. The van der Waals surface area contributed by atoms with E-state index in [1.807, 2.05) is 85.0 Å². The van der Waals surface area contributed by atoms with Gasteiger partial charge in [-0.1, -0.05) is 101 Å². The van der Waals surface area contributed by atoms with Gasteiger partial charge in [-0.15, -0.1) is 0 Å². The smallest absolute Gasteiger partial charge is 0.160 e. The Bertz CT molecular complexity index is 752.